The molecular formula is C33H57NO16. The monoisotopic (exact) mass is 723 g/mol. The Morgan fingerprint density at radius 2 is 1.14 bits per heavy atom. The van der Waals surface area contributed by atoms with Crippen molar-refractivity contribution in [3.05, 3.63) is 0 Å². The van der Waals surface area contributed by atoms with Crippen LogP contribution in [0.1, 0.15) is 104 Å². The van der Waals surface area contributed by atoms with Crippen LogP contribution >= 0.6 is 0 Å². The number of aliphatic hydroxyl groups is 4. The molecule has 0 spiro atoms. The molecule has 0 fully saturated rings. The van der Waals surface area contributed by atoms with E-state index in [0.717, 1.165) is 6.42 Å². The highest BCUT2D eigenvalue weighted by atomic mass is 16.6. The van der Waals surface area contributed by atoms with E-state index in [-0.39, 0.29) is 32.2 Å². The van der Waals surface area contributed by atoms with E-state index < -0.39 is 122 Å². The number of aliphatic carboxylic acids is 4. The van der Waals surface area contributed by atoms with Gasteiger partial charge in [0.1, 0.15) is 18.3 Å². The molecule has 0 aromatic carbocycles. The number of ether oxygens (including phenoxy) is 2. The molecule has 10 atom stereocenters. The zero-order valence-corrected chi connectivity index (χ0v) is 29.1. The molecule has 0 amide bonds. The quantitative estimate of drug-likeness (QED) is 0.0386. The minimum atomic E-state index is -1.61. The van der Waals surface area contributed by atoms with Crippen LogP contribution in [-0.4, -0.2) is 120 Å². The molecule has 290 valence electrons. The van der Waals surface area contributed by atoms with Crippen LogP contribution < -0.4 is 5.73 Å². The standard InChI is InChI=1S/C33H57NO16/c1-4-5-8-19(3)31(50-29(43)16-21(33(47)48)14-27(40)41)25(49-28(42)15-20(32(45)46)13-26(38)39)12-18(2)11-22(35)9-6-7-10-23(36)30(44)24(37)17-34/h18-25,30-31,35-37,44H,4-17,34H2,1-3H3,(H,38,39)(H,40,41)(H,45,46)(H,47,48)/t18-,19+,20?,21?,22+,23+,24+,25-,30?,31+/m0/s1. The molecule has 0 aromatic rings. The van der Waals surface area contributed by atoms with Crippen LogP contribution in [0.25, 0.3) is 0 Å². The van der Waals surface area contributed by atoms with E-state index in [1.165, 1.54) is 0 Å². The molecule has 3 unspecified atom stereocenters. The number of carboxylic acid groups (broad SMARTS) is 4. The maximum atomic E-state index is 13.0. The van der Waals surface area contributed by atoms with E-state index in [9.17, 15) is 59.4 Å². The van der Waals surface area contributed by atoms with Gasteiger partial charge in [-0.05, 0) is 43.9 Å². The Morgan fingerprint density at radius 3 is 1.60 bits per heavy atom. The minimum absolute atomic E-state index is 0.00670. The fourth-order valence-electron chi connectivity index (χ4n) is 5.61. The first-order chi connectivity index (χ1) is 23.3. The highest BCUT2D eigenvalue weighted by Gasteiger charge is 2.37. The van der Waals surface area contributed by atoms with Crippen LogP contribution in [0.4, 0.5) is 0 Å². The molecule has 0 saturated carbocycles. The van der Waals surface area contributed by atoms with Crippen LogP contribution in [0, 0.1) is 23.7 Å². The van der Waals surface area contributed by atoms with Crippen molar-refractivity contribution in [2.75, 3.05) is 6.54 Å². The Hall–Kier alpha value is -3.38. The lowest BCUT2D eigenvalue weighted by molar-refractivity contribution is -0.177. The Balaban J connectivity index is 6.02. The smallest absolute Gasteiger partial charge is 0.307 e. The van der Waals surface area contributed by atoms with Gasteiger partial charge in [0.25, 0.3) is 0 Å². The van der Waals surface area contributed by atoms with Crippen LogP contribution in [0.5, 0.6) is 0 Å². The number of carbonyl (C=O) groups excluding carboxylic acids is 2. The van der Waals surface area contributed by atoms with Gasteiger partial charge in [0.05, 0.1) is 55.8 Å². The van der Waals surface area contributed by atoms with E-state index in [0.29, 0.717) is 25.7 Å². The first kappa shape index (κ1) is 46.6. The third-order valence-electron chi connectivity index (χ3n) is 8.48. The highest BCUT2D eigenvalue weighted by Crippen LogP contribution is 2.29. The van der Waals surface area contributed by atoms with Crippen LogP contribution in [-0.2, 0) is 38.2 Å². The van der Waals surface area contributed by atoms with Crippen molar-refractivity contribution in [2.45, 2.75) is 141 Å². The molecule has 0 aliphatic rings. The number of nitrogens with two attached hydrogens (primary N) is 1. The van der Waals surface area contributed by atoms with Gasteiger partial charge in [-0.1, -0.05) is 46.5 Å². The first-order valence-electron chi connectivity index (χ1n) is 17.0. The maximum Gasteiger partial charge on any atom is 0.307 e. The summed E-state index contributed by atoms with van der Waals surface area (Å²) in [4.78, 5) is 71.6. The fourth-order valence-corrected chi connectivity index (χ4v) is 5.61. The molecule has 50 heavy (non-hydrogen) atoms. The molecule has 0 aliphatic heterocycles. The Bertz CT molecular complexity index is 1070. The third kappa shape index (κ3) is 19.7. The summed E-state index contributed by atoms with van der Waals surface area (Å²) in [6.07, 6.45) is -7.12. The molecule has 0 radical (unpaired) electrons. The summed E-state index contributed by atoms with van der Waals surface area (Å²) in [6, 6.07) is 0. The summed E-state index contributed by atoms with van der Waals surface area (Å²) in [6.45, 7) is 5.13. The lowest BCUT2D eigenvalue weighted by atomic mass is 9.87. The maximum absolute atomic E-state index is 13.0. The molecule has 0 bridgehead atoms. The van der Waals surface area contributed by atoms with E-state index in [4.69, 9.17) is 25.4 Å². The Kier molecular flexibility index (Phi) is 23.0. The summed E-state index contributed by atoms with van der Waals surface area (Å²) in [7, 11) is 0. The molecule has 0 aliphatic carbocycles. The number of aliphatic hydroxyl groups excluding tert-OH is 4. The largest absolute Gasteiger partial charge is 0.481 e. The van der Waals surface area contributed by atoms with Gasteiger partial charge >= 0.3 is 35.8 Å². The van der Waals surface area contributed by atoms with Crippen molar-refractivity contribution in [1.29, 1.82) is 0 Å². The normalized spacial score (nSPS) is 17.5. The van der Waals surface area contributed by atoms with Crippen molar-refractivity contribution < 1.29 is 79.1 Å². The van der Waals surface area contributed by atoms with Crippen molar-refractivity contribution >= 4 is 35.8 Å². The average Bonchev–Trinajstić information content (AvgIpc) is 3.01. The molecule has 0 saturated heterocycles. The lowest BCUT2D eigenvalue weighted by Gasteiger charge is -2.33. The van der Waals surface area contributed by atoms with Crippen molar-refractivity contribution in [2.24, 2.45) is 29.4 Å². The molecule has 0 heterocycles. The van der Waals surface area contributed by atoms with Gasteiger partial charge in [-0.15, -0.1) is 0 Å². The predicted octanol–water partition coefficient (Wildman–Crippen LogP) is 1.15. The molecule has 10 N–H and O–H groups in total. The van der Waals surface area contributed by atoms with Crippen molar-refractivity contribution in [1.82, 2.24) is 0 Å². The summed E-state index contributed by atoms with van der Waals surface area (Å²) >= 11 is 0. The summed E-state index contributed by atoms with van der Waals surface area (Å²) < 4.78 is 11.4. The average molecular weight is 724 g/mol. The van der Waals surface area contributed by atoms with Gasteiger partial charge in [-0.3, -0.25) is 28.8 Å². The summed E-state index contributed by atoms with van der Waals surface area (Å²) in [5.74, 6) is -12.2. The van der Waals surface area contributed by atoms with Gasteiger partial charge in [0.15, 0.2) is 0 Å². The summed E-state index contributed by atoms with van der Waals surface area (Å²) in [5, 5.41) is 77.2. The molecule has 17 heteroatoms. The second kappa shape index (κ2) is 24.7. The Labute approximate surface area is 291 Å². The number of hydrogen-bond acceptors (Lipinski definition) is 13. The molecular weight excluding hydrogens is 666 g/mol. The number of carboxylic acids is 4. The number of unbranched alkanes of at least 4 members (excludes halogenated alkanes) is 2. The van der Waals surface area contributed by atoms with Crippen LogP contribution in [0.15, 0.2) is 0 Å². The SMILES string of the molecule is CCCC[C@@H](C)[C@@H](OC(=O)CC(CC(=O)O)C(=O)O)[C@H](C[C@@H](C)C[C@H](O)CCCC[C@@H](O)C(O)[C@H](O)CN)OC(=O)CC(CC(=O)O)C(=O)O. The zero-order valence-electron chi connectivity index (χ0n) is 29.1. The van der Waals surface area contributed by atoms with Gasteiger partial charge < -0.3 is 56.1 Å². The molecule has 17 nitrogen and oxygen atoms in total. The third-order valence-corrected chi connectivity index (χ3v) is 8.48. The number of esters is 2. The van der Waals surface area contributed by atoms with Crippen LogP contribution in [0.2, 0.25) is 0 Å². The summed E-state index contributed by atoms with van der Waals surface area (Å²) in [5.41, 5.74) is 5.30. The second-order valence-electron chi connectivity index (χ2n) is 13.2. The minimum Gasteiger partial charge on any atom is -0.481 e. The molecule has 0 rings (SSSR count). The Morgan fingerprint density at radius 1 is 0.640 bits per heavy atom. The van der Waals surface area contributed by atoms with Crippen LogP contribution in [0.3, 0.4) is 0 Å². The van der Waals surface area contributed by atoms with Crippen molar-refractivity contribution in [3.8, 4) is 0 Å². The molecule has 0 aromatic heterocycles. The van der Waals surface area contributed by atoms with Gasteiger partial charge in [-0.2, -0.15) is 0 Å². The highest BCUT2D eigenvalue weighted by molar-refractivity contribution is 5.83. The van der Waals surface area contributed by atoms with E-state index >= 15 is 0 Å². The number of rotatable bonds is 29. The van der Waals surface area contributed by atoms with E-state index in [1.807, 2.05) is 6.92 Å². The van der Waals surface area contributed by atoms with Crippen molar-refractivity contribution in [3.63, 3.8) is 0 Å². The van der Waals surface area contributed by atoms with Gasteiger partial charge in [0, 0.05) is 6.54 Å². The zero-order chi connectivity index (χ0) is 38.6. The fraction of sp³-hybridized carbons (Fsp3) is 0.818. The van der Waals surface area contributed by atoms with E-state index in [2.05, 4.69) is 0 Å². The topological polar surface area (TPSA) is 309 Å². The van der Waals surface area contributed by atoms with E-state index in [1.54, 1.807) is 13.8 Å². The first-order valence-corrected chi connectivity index (χ1v) is 17.0. The second-order valence-corrected chi connectivity index (χ2v) is 13.2. The van der Waals surface area contributed by atoms with Gasteiger partial charge in [-0.25, -0.2) is 0 Å². The lowest BCUT2D eigenvalue weighted by Crippen LogP contribution is -2.42. The number of carbonyl (C=O) groups is 6. The predicted molar refractivity (Wildman–Crippen MR) is 174 cm³/mol. The van der Waals surface area contributed by atoms with Gasteiger partial charge in [0.2, 0.25) is 0 Å². The number of hydrogen-bond donors (Lipinski definition) is 9.